The molecule has 0 radical (unpaired) electrons. The van der Waals surface area contributed by atoms with Gasteiger partial charge in [-0.3, -0.25) is 4.98 Å². The summed E-state index contributed by atoms with van der Waals surface area (Å²) in [6, 6.07) is 12.5. The highest BCUT2D eigenvalue weighted by Crippen LogP contribution is 2.39. The van der Waals surface area contributed by atoms with E-state index in [4.69, 9.17) is 4.74 Å². The van der Waals surface area contributed by atoms with E-state index in [1.165, 1.54) is 19.2 Å². The lowest BCUT2D eigenvalue weighted by molar-refractivity contribution is 0.342. The van der Waals surface area contributed by atoms with E-state index in [9.17, 15) is 12.8 Å². The van der Waals surface area contributed by atoms with Gasteiger partial charge in [0.05, 0.1) is 20.2 Å². The number of halogens is 1. The second-order valence-corrected chi connectivity index (χ2v) is 9.10. The van der Waals surface area contributed by atoms with E-state index >= 15 is 0 Å². The van der Waals surface area contributed by atoms with Gasteiger partial charge in [-0.15, -0.1) is 0 Å². The van der Waals surface area contributed by atoms with Gasteiger partial charge in [-0.2, -0.15) is 12.3 Å². The first-order valence-corrected chi connectivity index (χ1v) is 10.7. The standard InChI is InChI=1S/C21H22FN2O3S/c1-27-19-11-12-20(18-6-5-13-23-21(18)19)28(25,26)24(14-3-2-4-15-24)17-9-7-16(22)8-10-17/h5-13H,2-4,14-15H2,1H3/q+1. The van der Waals surface area contributed by atoms with Gasteiger partial charge in [0, 0.05) is 23.7 Å². The van der Waals surface area contributed by atoms with Crippen LogP contribution in [0.5, 0.6) is 5.75 Å². The Bertz CT molecular complexity index is 1110. The molecule has 0 N–H and O–H groups in total. The first kappa shape index (κ1) is 18.8. The highest BCUT2D eigenvalue weighted by Gasteiger charge is 2.47. The van der Waals surface area contributed by atoms with Crippen LogP contribution < -0.4 is 8.63 Å². The maximum absolute atomic E-state index is 14.0. The summed E-state index contributed by atoms with van der Waals surface area (Å²) in [6.45, 7) is 0.920. The van der Waals surface area contributed by atoms with Crippen molar-refractivity contribution in [2.24, 2.45) is 0 Å². The van der Waals surface area contributed by atoms with Crippen LogP contribution >= 0.6 is 0 Å². The molecule has 0 amide bonds. The molecule has 28 heavy (non-hydrogen) atoms. The lowest BCUT2D eigenvalue weighted by atomic mass is 10.1. The molecule has 0 spiro atoms. The minimum atomic E-state index is -3.82. The van der Waals surface area contributed by atoms with Gasteiger partial charge in [-0.25, -0.2) is 4.39 Å². The number of quaternary nitrogens is 1. The number of benzene rings is 2. The summed E-state index contributed by atoms with van der Waals surface area (Å²) < 4.78 is 46.7. The zero-order valence-corrected chi connectivity index (χ0v) is 16.5. The third-order valence-electron chi connectivity index (χ3n) is 5.49. The first-order valence-electron chi connectivity index (χ1n) is 9.30. The van der Waals surface area contributed by atoms with E-state index in [0.29, 0.717) is 35.4 Å². The Labute approximate surface area is 164 Å². The number of hydrogen-bond acceptors (Lipinski definition) is 4. The Kier molecular flexibility index (Phi) is 4.81. The Morgan fingerprint density at radius 3 is 2.39 bits per heavy atom. The van der Waals surface area contributed by atoms with E-state index in [0.717, 1.165) is 19.3 Å². The van der Waals surface area contributed by atoms with Crippen molar-refractivity contribution in [1.29, 1.82) is 0 Å². The van der Waals surface area contributed by atoms with Crippen molar-refractivity contribution in [2.45, 2.75) is 24.2 Å². The summed E-state index contributed by atoms with van der Waals surface area (Å²) in [5.41, 5.74) is 1.11. The van der Waals surface area contributed by atoms with Crippen LogP contribution in [-0.2, 0) is 10.0 Å². The van der Waals surface area contributed by atoms with Crippen LogP contribution in [0.3, 0.4) is 0 Å². The predicted molar refractivity (Wildman–Crippen MR) is 107 cm³/mol. The molecule has 0 aliphatic carbocycles. The van der Waals surface area contributed by atoms with Gasteiger partial charge in [-0.05, 0) is 55.7 Å². The van der Waals surface area contributed by atoms with Gasteiger partial charge in [0.1, 0.15) is 27.7 Å². The molecule has 1 saturated heterocycles. The van der Waals surface area contributed by atoms with Crippen molar-refractivity contribution in [3.8, 4) is 5.75 Å². The number of hydrogen-bond donors (Lipinski definition) is 0. The minimum Gasteiger partial charge on any atom is -0.494 e. The SMILES string of the molecule is COc1ccc(S(=O)(=O)[N+]2(c3ccc(F)cc3)CCCCC2)c2cccnc12. The number of rotatable bonds is 4. The molecule has 5 nitrogen and oxygen atoms in total. The summed E-state index contributed by atoms with van der Waals surface area (Å²) in [5, 5.41) is 0.534. The van der Waals surface area contributed by atoms with Gasteiger partial charge in [0.25, 0.3) is 0 Å². The third kappa shape index (κ3) is 2.86. The van der Waals surface area contributed by atoms with Crippen molar-refractivity contribution in [1.82, 2.24) is 8.87 Å². The normalized spacial score (nSPS) is 16.8. The zero-order chi connectivity index (χ0) is 19.8. The number of piperidine rings is 1. The van der Waals surface area contributed by atoms with Gasteiger partial charge < -0.3 is 4.74 Å². The quantitative estimate of drug-likeness (QED) is 0.613. The molecule has 0 saturated carbocycles. The Balaban J connectivity index is 1.97. The van der Waals surface area contributed by atoms with Crippen LogP contribution in [-0.4, -0.2) is 33.6 Å². The van der Waals surface area contributed by atoms with Crippen molar-refractivity contribution < 1.29 is 17.5 Å². The zero-order valence-electron chi connectivity index (χ0n) is 15.6. The summed E-state index contributed by atoms with van der Waals surface area (Å²) in [7, 11) is -2.29. The molecule has 0 bridgehead atoms. The van der Waals surface area contributed by atoms with E-state index < -0.39 is 10.0 Å². The number of ether oxygens (including phenoxy) is 1. The van der Waals surface area contributed by atoms with Crippen molar-refractivity contribution in [2.75, 3.05) is 20.2 Å². The number of aromatic nitrogens is 1. The van der Waals surface area contributed by atoms with Crippen molar-refractivity contribution in [3.63, 3.8) is 0 Å². The van der Waals surface area contributed by atoms with Crippen molar-refractivity contribution in [3.05, 3.63) is 60.5 Å². The van der Waals surface area contributed by atoms with Gasteiger partial charge in [0.15, 0.2) is 0 Å². The number of fused-ring (bicyclic) bond motifs is 1. The summed E-state index contributed by atoms with van der Waals surface area (Å²) in [5.74, 6) is 0.150. The highest BCUT2D eigenvalue weighted by atomic mass is 32.2. The fourth-order valence-corrected chi connectivity index (χ4v) is 6.27. The largest absolute Gasteiger partial charge is 0.494 e. The van der Waals surface area contributed by atoms with Crippen LogP contribution in [0.1, 0.15) is 19.3 Å². The lowest BCUT2D eigenvalue weighted by Gasteiger charge is -2.39. The smallest absolute Gasteiger partial charge is 0.332 e. The molecular formula is C21H22FN2O3S+. The van der Waals surface area contributed by atoms with E-state index in [-0.39, 0.29) is 14.6 Å². The molecular weight excluding hydrogens is 379 g/mol. The van der Waals surface area contributed by atoms with Crippen molar-refractivity contribution >= 4 is 26.6 Å². The summed E-state index contributed by atoms with van der Waals surface area (Å²) in [4.78, 5) is 4.56. The van der Waals surface area contributed by atoms with Gasteiger partial charge in [0.2, 0.25) is 0 Å². The number of sulfonamides is 1. The molecule has 2 aromatic carbocycles. The fraction of sp³-hybridized carbons (Fsp3) is 0.286. The molecule has 0 atom stereocenters. The molecule has 1 aromatic heterocycles. The molecule has 1 fully saturated rings. The Hall–Kier alpha value is -2.51. The average molecular weight is 401 g/mol. The van der Waals surface area contributed by atoms with Crippen LogP contribution in [0, 0.1) is 5.82 Å². The maximum atomic E-state index is 14.0. The van der Waals surface area contributed by atoms with Gasteiger partial charge >= 0.3 is 10.0 Å². The molecule has 1 aliphatic rings. The summed E-state index contributed by atoms with van der Waals surface area (Å²) >= 11 is 0. The van der Waals surface area contributed by atoms with Crippen LogP contribution in [0.25, 0.3) is 10.9 Å². The molecule has 2 heterocycles. The van der Waals surface area contributed by atoms with E-state index in [1.54, 1.807) is 42.6 Å². The molecule has 146 valence electrons. The lowest BCUT2D eigenvalue weighted by Crippen LogP contribution is -2.56. The van der Waals surface area contributed by atoms with E-state index in [1.807, 2.05) is 0 Å². The fourth-order valence-electron chi connectivity index (χ4n) is 4.07. The molecule has 7 heteroatoms. The minimum absolute atomic E-state index is 0.205. The maximum Gasteiger partial charge on any atom is 0.332 e. The topological polar surface area (TPSA) is 56.3 Å². The first-order chi connectivity index (χ1) is 13.5. The predicted octanol–water partition coefficient (Wildman–Crippen LogP) is 4.26. The molecule has 4 rings (SSSR count). The van der Waals surface area contributed by atoms with Crippen LogP contribution in [0.4, 0.5) is 10.1 Å². The molecule has 3 aromatic rings. The van der Waals surface area contributed by atoms with Gasteiger partial charge in [-0.1, -0.05) is 0 Å². The average Bonchev–Trinajstić information content (AvgIpc) is 2.73. The summed E-state index contributed by atoms with van der Waals surface area (Å²) in [6.07, 6.45) is 4.19. The third-order valence-corrected chi connectivity index (χ3v) is 7.89. The number of nitrogens with zero attached hydrogens (tertiary/aromatic N) is 2. The van der Waals surface area contributed by atoms with Crippen LogP contribution in [0.15, 0.2) is 59.6 Å². The second kappa shape index (κ2) is 7.14. The molecule has 1 aliphatic heterocycles. The number of methoxy groups -OCH3 is 1. The molecule has 0 unspecified atom stereocenters. The van der Waals surface area contributed by atoms with Crippen LogP contribution in [0.2, 0.25) is 0 Å². The Morgan fingerprint density at radius 1 is 1.00 bits per heavy atom. The van der Waals surface area contributed by atoms with E-state index in [2.05, 4.69) is 4.98 Å². The second-order valence-electron chi connectivity index (χ2n) is 7.01. The Morgan fingerprint density at radius 2 is 1.71 bits per heavy atom. The highest BCUT2D eigenvalue weighted by molar-refractivity contribution is 7.91. The monoisotopic (exact) mass is 401 g/mol. The number of pyridine rings is 1.